The molecule has 0 saturated carbocycles. The Balaban J connectivity index is 2.41. The van der Waals surface area contributed by atoms with E-state index in [0.29, 0.717) is 11.4 Å². The second-order valence-electron chi connectivity index (χ2n) is 5.68. The first-order chi connectivity index (χ1) is 11.1. The average Bonchev–Trinajstić information content (AvgIpc) is 2.89. The molecule has 23 heavy (non-hydrogen) atoms. The quantitative estimate of drug-likeness (QED) is 0.736. The van der Waals surface area contributed by atoms with Gasteiger partial charge in [0.25, 0.3) is 5.56 Å². The fourth-order valence-electron chi connectivity index (χ4n) is 2.80. The molecule has 2 aromatic carbocycles. The molecule has 4 nitrogen and oxygen atoms in total. The number of hydrogen-bond acceptors (Lipinski definition) is 2. The van der Waals surface area contributed by atoms with Crippen LogP contribution in [0.15, 0.2) is 65.5 Å². The molecular formula is C19H20N2O2. The monoisotopic (exact) mass is 308 g/mol. The topological polar surface area (TPSA) is 36.2 Å². The van der Waals surface area contributed by atoms with Gasteiger partial charge in [-0.2, -0.15) is 0 Å². The summed E-state index contributed by atoms with van der Waals surface area (Å²) in [6, 6.07) is 19.4. The molecule has 4 heteroatoms. The van der Waals surface area contributed by atoms with Crippen molar-refractivity contribution in [1.29, 1.82) is 0 Å². The molecule has 1 aromatic heterocycles. The van der Waals surface area contributed by atoms with Crippen molar-refractivity contribution in [2.24, 2.45) is 0 Å². The van der Waals surface area contributed by atoms with E-state index in [-0.39, 0.29) is 11.5 Å². The van der Waals surface area contributed by atoms with E-state index in [4.69, 9.17) is 4.74 Å². The molecule has 0 spiro atoms. The highest BCUT2D eigenvalue weighted by Crippen LogP contribution is 2.28. The van der Waals surface area contributed by atoms with Crippen molar-refractivity contribution in [3.8, 4) is 17.3 Å². The summed E-state index contributed by atoms with van der Waals surface area (Å²) in [7, 11) is 1.61. The normalized spacial score (nSPS) is 11.0. The molecule has 1 heterocycles. The van der Waals surface area contributed by atoms with Crippen LogP contribution in [0.3, 0.4) is 0 Å². The van der Waals surface area contributed by atoms with Crippen LogP contribution >= 0.6 is 0 Å². The Morgan fingerprint density at radius 2 is 1.30 bits per heavy atom. The van der Waals surface area contributed by atoms with Gasteiger partial charge in [-0.15, -0.1) is 0 Å². The third-order valence-corrected chi connectivity index (χ3v) is 3.82. The van der Waals surface area contributed by atoms with Gasteiger partial charge in [-0.25, -0.2) is 9.36 Å². The zero-order valence-corrected chi connectivity index (χ0v) is 13.6. The second-order valence-corrected chi connectivity index (χ2v) is 5.68. The number of benzene rings is 2. The minimum atomic E-state index is -0.0492. The molecule has 0 saturated heterocycles. The number of rotatable bonds is 4. The van der Waals surface area contributed by atoms with Gasteiger partial charge >= 0.3 is 0 Å². The number of methoxy groups -OCH3 is 1. The van der Waals surface area contributed by atoms with Crippen LogP contribution in [0.2, 0.25) is 0 Å². The molecule has 0 bridgehead atoms. The van der Waals surface area contributed by atoms with E-state index in [2.05, 4.69) is 0 Å². The maximum atomic E-state index is 13.0. The molecule has 118 valence electrons. The molecule has 0 aliphatic carbocycles. The lowest BCUT2D eigenvalue weighted by atomic mass is 10.1. The SMILES string of the molecule is COc1c(C(C)C)c(=O)n(-c2ccccc2)n1-c1ccccc1. The second kappa shape index (κ2) is 6.16. The van der Waals surface area contributed by atoms with Crippen LogP contribution in [-0.4, -0.2) is 16.5 Å². The molecule has 3 aromatic rings. The lowest BCUT2D eigenvalue weighted by molar-refractivity contribution is 0.373. The molecule has 0 N–H and O–H groups in total. The Labute approximate surface area is 135 Å². The zero-order valence-electron chi connectivity index (χ0n) is 13.6. The van der Waals surface area contributed by atoms with Gasteiger partial charge in [-0.3, -0.25) is 4.79 Å². The van der Waals surface area contributed by atoms with Crippen LogP contribution in [0.5, 0.6) is 5.88 Å². The first-order valence-electron chi connectivity index (χ1n) is 7.68. The van der Waals surface area contributed by atoms with Crippen molar-refractivity contribution in [1.82, 2.24) is 9.36 Å². The number of para-hydroxylation sites is 2. The summed E-state index contributed by atoms with van der Waals surface area (Å²) in [4.78, 5) is 13.0. The van der Waals surface area contributed by atoms with Gasteiger partial charge < -0.3 is 4.74 Å². The van der Waals surface area contributed by atoms with Crippen molar-refractivity contribution in [3.05, 3.63) is 76.6 Å². The van der Waals surface area contributed by atoms with Gasteiger partial charge in [-0.05, 0) is 30.2 Å². The van der Waals surface area contributed by atoms with Crippen molar-refractivity contribution in [3.63, 3.8) is 0 Å². The summed E-state index contributed by atoms with van der Waals surface area (Å²) in [6.07, 6.45) is 0. The number of hydrogen-bond donors (Lipinski definition) is 0. The Hall–Kier alpha value is -2.75. The predicted molar refractivity (Wildman–Crippen MR) is 92.0 cm³/mol. The fourth-order valence-corrected chi connectivity index (χ4v) is 2.80. The summed E-state index contributed by atoms with van der Waals surface area (Å²) in [6.45, 7) is 4.01. The van der Waals surface area contributed by atoms with E-state index in [1.165, 1.54) is 0 Å². The highest BCUT2D eigenvalue weighted by Gasteiger charge is 2.24. The standard InChI is InChI=1S/C19H20N2O2/c1-14(2)17-18(22)20(15-10-6-4-7-11-15)21(19(17)23-3)16-12-8-5-9-13-16/h4-14H,1-3H3. The molecular weight excluding hydrogens is 288 g/mol. The summed E-state index contributed by atoms with van der Waals surface area (Å²) in [5.74, 6) is 0.650. The van der Waals surface area contributed by atoms with Crippen molar-refractivity contribution < 1.29 is 4.74 Å². The van der Waals surface area contributed by atoms with Gasteiger partial charge in [-0.1, -0.05) is 50.2 Å². The van der Waals surface area contributed by atoms with Crippen LogP contribution in [0.25, 0.3) is 11.4 Å². The highest BCUT2D eigenvalue weighted by atomic mass is 16.5. The van der Waals surface area contributed by atoms with Crippen LogP contribution in [-0.2, 0) is 0 Å². The Morgan fingerprint density at radius 3 is 1.74 bits per heavy atom. The van der Waals surface area contributed by atoms with Gasteiger partial charge in [0.05, 0.1) is 24.0 Å². The summed E-state index contributed by atoms with van der Waals surface area (Å²) in [5.41, 5.74) is 2.33. The fraction of sp³-hybridized carbons (Fsp3) is 0.211. The van der Waals surface area contributed by atoms with E-state index in [1.54, 1.807) is 11.8 Å². The average molecular weight is 308 g/mol. The van der Waals surface area contributed by atoms with Crippen molar-refractivity contribution >= 4 is 0 Å². The minimum absolute atomic E-state index is 0.0492. The molecule has 3 rings (SSSR count). The molecule has 0 unspecified atom stereocenters. The van der Waals surface area contributed by atoms with Crippen molar-refractivity contribution in [2.45, 2.75) is 19.8 Å². The highest BCUT2D eigenvalue weighted by molar-refractivity contribution is 5.44. The van der Waals surface area contributed by atoms with Gasteiger partial charge in [0, 0.05) is 0 Å². The van der Waals surface area contributed by atoms with Crippen molar-refractivity contribution in [2.75, 3.05) is 7.11 Å². The van der Waals surface area contributed by atoms with E-state index in [0.717, 1.165) is 11.4 Å². The van der Waals surface area contributed by atoms with E-state index < -0.39 is 0 Å². The largest absolute Gasteiger partial charge is 0.481 e. The first kappa shape index (κ1) is 15.2. The van der Waals surface area contributed by atoms with Crippen LogP contribution in [0, 0.1) is 0 Å². The summed E-state index contributed by atoms with van der Waals surface area (Å²) >= 11 is 0. The third kappa shape index (κ3) is 2.57. The minimum Gasteiger partial charge on any atom is -0.481 e. The Kier molecular flexibility index (Phi) is 4.06. The first-order valence-corrected chi connectivity index (χ1v) is 7.68. The van der Waals surface area contributed by atoms with Crippen LogP contribution in [0.1, 0.15) is 25.3 Å². The lowest BCUT2D eigenvalue weighted by Crippen LogP contribution is -2.22. The van der Waals surface area contributed by atoms with E-state index in [9.17, 15) is 4.79 Å². The van der Waals surface area contributed by atoms with E-state index in [1.807, 2.05) is 79.2 Å². The molecule has 0 amide bonds. The Morgan fingerprint density at radius 1 is 0.826 bits per heavy atom. The molecule has 0 aliphatic heterocycles. The third-order valence-electron chi connectivity index (χ3n) is 3.82. The van der Waals surface area contributed by atoms with Gasteiger partial charge in [0.15, 0.2) is 0 Å². The predicted octanol–water partition coefficient (Wildman–Crippen LogP) is 3.76. The van der Waals surface area contributed by atoms with Gasteiger partial charge in [0.2, 0.25) is 5.88 Å². The number of aromatic nitrogens is 2. The van der Waals surface area contributed by atoms with Crippen LogP contribution < -0.4 is 10.3 Å². The Bertz CT molecular complexity index is 846. The lowest BCUT2D eigenvalue weighted by Gasteiger charge is -2.14. The molecule has 0 radical (unpaired) electrons. The maximum Gasteiger partial charge on any atom is 0.279 e. The molecule has 0 aliphatic rings. The van der Waals surface area contributed by atoms with Crippen LogP contribution in [0.4, 0.5) is 0 Å². The summed E-state index contributed by atoms with van der Waals surface area (Å²) in [5, 5.41) is 0. The molecule has 0 atom stereocenters. The number of nitrogens with zero attached hydrogens (tertiary/aromatic N) is 2. The van der Waals surface area contributed by atoms with Gasteiger partial charge in [0.1, 0.15) is 0 Å². The number of ether oxygens (including phenoxy) is 1. The maximum absolute atomic E-state index is 13.0. The van der Waals surface area contributed by atoms with E-state index >= 15 is 0 Å². The summed E-state index contributed by atoms with van der Waals surface area (Å²) < 4.78 is 9.13. The molecule has 0 fully saturated rings. The zero-order chi connectivity index (χ0) is 16.4. The smallest absolute Gasteiger partial charge is 0.279 e.